The van der Waals surface area contributed by atoms with Crippen LogP contribution in [0.2, 0.25) is 0 Å². The van der Waals surface area contributed by atoms with E-state index in [0.717, 1.165) is 50.9 Å². The zero-order valence-electron chi connectivity index (χ0n) is 15.2. The summed E-state index contributed by atoms with van der Waals surface area (Å²) in [5, 5.41) is 6.61. The molecule has 1 saturated heterocycles. The van der Waals surface area contributed by atoms with Crippen LogP contribution in [0.1, 0.15) is 64.7 Å². The van der Waals surface area contributed by atoms with E-state index in [1.807, 2.05) is 4.90 Å². The molecule has 1 aliphatic carbocycles. The summed E-state index contributed by atoms with van der Waals surface area (Å²) in [6.45, 7) is 5.90. The zero-order valence-corrected chi connectivity index (χ0v) is 17.5. The number of halogens is 1. The van der Waals surface area contributed by atoms with Gasteiger partial charge in [0.1, 0.15) is 6.54 Å². The zero-order chi connectivity index (χ0) is 16.3. The minimum absolute atomic E-state index is 0. The SMILES string of the molecule is CCNC(=NCC(=O)N1CCCCC1)NCCCC1CCCC1.I. The molecule has 0 aromatic carbocycles. The first kappa shape index (κ1) is 21.5. The standard InChI is InChI=1S/C18H34N4O.HI/c1-2-19-18(20-12-8-11-16-9-4-5-10-16)21-15-17(23)22-13-6-3-7-14-22;/h16H,2-15H2,1H3,(H2,19,20,21);1H. The third-order valence-electron chi connectivity index (χ3n) is 4.98. The Hall–Kier alpha value is -0.530. The number of likely N-dealkylation sites (tertiary alicyclic amines) is 1. The number of piperidine rings is 1. The lowest BCUT2D eigenvalue weighted by molar-refractivity contribution is -0.130. The summed E-state index contributed by atoms with van der Waals surface area (Å²) in [5.74, 6) is 1.88. The van der Waals surface area contributed by atoms with Crippen LogP contribution in [-0.2, 0) is 4.79 Å². The van der Waals surface area contributed by atoms with Gasteiger partial charge in [-0.2, -0.15) is 0 Å². The smallest absolute Gasteiger partial charge is 0.244 e. The number of aliphatic imine (C=N–C) groups is 1. The molecule has 0 radical (unpaired) electrons. The fourth-order valence-corrected chi connectivity index (χ4v) is 3.63. The number of rotatable bonds is 7. The van der Waals surface area contributed by atoms with Crippen molar-refractivity contribution in [2.45, 2.75) is 64.7 Å². The van der Waals surface area contributed by atoms with E-state index in [2.05, 4.69) is 22.5 Å². The number of hydrogen-bond acceptors (Lipinski definition) is 2. The molecule has 2 rings (SSSR count). The van der Waals surface area contributed by atoms with Crippen molar-refractivity contribution in [2.24, 2.45) is 10.9 Å². The van der Waals surface area contributed by atoms with E-state index >= 15 is 0 Å². The van der Waals surface area contributed by atoms with Crippen molar-refractivity contribution >= 4 is 35.8 Å². The average Bonchev–Trinajstić information content (AvgIpc) is 3.10. The minimum Gasteiger partial charge on any atom is -0.357 e. The number of nitrogens with zero attached hydrogens (tertiary/aromatic N) is 2. The van der Waals surface area contributed by atoms with Crippen LogP contribution >= 0.6 is 24.0 Å². The normalized spacial score (nSPS) is 19.0. The third-order valence-corrected chi connectivity index (χ3v) is 4.98. The summed E-state index contributed by atoms with van der Waals surface area (Å²) in [7, 11) is 0. The number of nitrogens with one attached hydrogen (secondary N) is 2. The monoisotopic (exact) mass is 450 g/mol. The van der Waals surface area contributed by atoms with Crippen LogP contribution in [0.5, 0.6) is 0 Å². The van der Waals surface area contributed by atoms with Gasteiger partial charge in [-0.3, -0.25) is 4.79 Å². The van der Waals surface area contributed by atoms with Gasteiger partial charge in [-0.25, -0.2) is 4.99 Å². The lowest BCUT2D eigenvalue weighted by Crippen LogP contribution is -2.40. The maximum Gasteiger partial charge on any atom is 0.244 e. The Bertz CT molecular complexity index is 377. The van der Waals surface area contributed by atoms with E-state index in [4.69, 9.17) is 0 Å². The highest BCUT2D eigenvalue weighted by atomic mass is 127. The molecule has 0 atom stereocenters. The number of carbonyl (C=O) groups excluding carboxylic acids is 1. The van der Waals surface area contributed by atoms with Crippen molar-refractivity contribution in [3.8, 4) is 0 Å². The van der Waals surface area contributed by atoms with E-state index in [0.29, 0.717) is 0 Å². The van der Waals surface area contributed by atoms with Gasteiger partial charge >= 0.3 is 0 Å². The molecular weight excluding hydrogens is 415 g/mol. The predicted molar refractivity (Wildman–Crippen MR) is 111 cm³/mol. The summed E-state index contributed by atoms with van der Waals surface area (Å²) in [6, 6.07) is 0. The Morgan fingerprint density at radius 3 is 2.46 bits per heavy atom. The number of guanidine groups is 1. The molecule has 2 N–H and O–H groups in total. The van der Waals surface area contributed by atoms with E-state index in [1.54, 1.807) is 0 Å². The van der Waals surface area contributed by atoms with Crippen LogP contribution in [0.3, 0.4) is 0 Å². The van der Waals surface area contributed by atoms with E-state index in [1.165, 1.54) is 44.9 Å². The van der Waals surface area contributed by atoms with Crippen molar-refractivity contribution in [3.63, 3.8) is 0 Å². The maximum absolute atomic E-state index is 12.2. The topological polar surface area (TPSA) is 56.7 Å². The molecule has 140 valence electrons. The highest BCUT2D eigenvalue weighted by Gasteiger charge is 2.16. The van der Waals surface area contributed by atoms with Crippen LogP contribution in [-0.4, -0.2) is 49.5 Å². The molecule has 2 fully saturated rings. The van der Waals surface area contributed by atoms with Gasteiger partial charge in [0, 0.05) is 26.2 Å². The predicted octanol–water partition coefficient (Wildman–Crippen LogP) is 3.14. The Kier molecular flexibility index (Phi) is 11.5. The Morgan fingerprint density at radius 2 is 1.79 bits per heavy atom. The molecule has 0 bridgehead atoms. The quantitative estimate of drug-likeness (QED) is 0.271. The molecule has 6 heteroatoms. The van der Waals surface area contributed by atoms with Crippen molar-refractivity contribution in [3.05, 3.63) is 0 Å². The molecule has 0 aromatic heterocycles. The highest BCUT2D eigenvalue weighted by molar-refractivity contribution is 14.0. The molecule has 0 aromatic rings. The molecule has 0 spiro atoms. The first-order valence-corrected chi connectivity index (χ1v) is 9.59. The number of hydrogen-bond donors (Lipinski definition) is 2. The average molecular weight is 450 g/mol. The van der Waals surface area contributed by atoms with Crippen LogP contribution in [0.25, 0.3) is 0 Å². The molecule has 0 unspecified atom stereocenters. The van der Waals surface area contributed by atoms with Gasteiger partial charge in [-0.15, -0.1) is 24.0 Å². The van der Waals surface area contributed by atoms with Gasteiger partial charge < -0.3 is 15.5 Å². The van der Waals surface area contributed by atoms with Crippen molar-refractivity contribution in [2.75, 3.05) is 32.7 Å². The third kappa shape index (κ3) is 8.03. The molecule has 24 heavy (non-hydrogen) atoms. The molecule has 2 aliphatic rings. The van der Waals surface area contributed by atoms with Gasteiger partial charge in [0.2, 0.25) is 5.91 Å². The summed E-state index contributed by atoms with van der Waals surface area (Å²) in [4.78, 5) is 18.6. The van der Waals surface area contributed by atoms with Crippen molar-refractivity contribution < 1.29 is 4.79 Å². The van der Waals surface area contributed by atoms with Gasteiger partial charge in [0.25, 0.3) is 0 Å². The second-order valence-electron chi connectivity index (χ2n) is 6.86. The minimum atomic E-state index is 0. The van der Waals surface area contributed by atoms with Crippen molar-refractivity contribution in [1.29, 1.82) is 0 Å². The van der Waals surface area contributed by atoms with Gasteiger partial charge in [0.15, 0.2) is 5.96 Å². The van der Waals surface area contributed by atoms with Crippen LogP contribution in [0.4, 0.5) is 0 Å². The molecule has 5 nitrogen and oxygen atoms in total. The lowest BCUT2D eigenvalue weighted by atomic mass is 10.0. The maximum atomic E-state index is 12.2. The first-order chi connectivity index (χ1) is 11.3. The molecule has 1 aliphatic heterocycles. The van der Waals surface area contributed by atoms with Crippen LogP contribution in [0, 0.1) is 5.92 Å². The van der Waals surface area contributed by atoms with Crippen molar-refractivity contribution in [1.82, 2.24) is 15.5 Å². The van der Waals surface area contributed by atoms with Gasteiger partial charge in [0.05, 0.1) is 0 Å². The molecule has 1 heterocycles. The summed E-state index contributed by atoms with van der Waals surface area (Å²) in [6.07, 6.45) is 11.7. The second kappa shape index (κ2) is 12.8. The highest BCUT2D eigenvalue weighted by Crippen LogP contribution is 2.28. The first-order valence-electron chi connectivity index (χ1n) is 9.59. The Balaban J connectivity index is 0.00000288. The Labute approximate surface area is 164 Å². The summed E-state index contributed by atoms with van der Waals surface area (Å²) in [5.41, 5.74) is 0. The van der Waals surface area contributed by atoms with E-state index in [-0.39, 0.29) is 36.4 Å². The van der Waals surface area contributed by atoms with E-state index < -0.39 is 0 Å². The number of amides is 1. The Morgan fingerprint density at radius 1 is 1.08 bits per heavy atom. The summed E-state index contributed by atoms with van der Waals surface area (Å²) >= 11 is 0. The summed E-state index contributed by atoms with van der Waals surface area (Å²) < 4.78 is 0. The lowest BCUT2D eigenvalue weighted by Gasteiger charge is -2.26. The molecular formula is C18H35IN4O. The van der Waals surface area contributed by atoms with E-state index in [9.17, 15) is 4.79 Å². The van der Waals surface area contributed by atoms with Crippen LogP contribution < -0.4 is 10.6 Å². The number of carbonyl (C=O) groups is 1. The van der Waals surface area contributed by atoms with Crippen LogP contribution in [0.15, 0.2) is 4.99 Å². The largest absolute Gasteiger partial charge is 0.357 e. The fraction of sp³-hybridized carbons (Fsp3) is 0.889. The molecule has 1 amide bonds. The second-order valence-corrected chi connectivity index (χ2v) is 6.86. The van der Waals surface area contributed by atoms with Gasteiger partial charge in [-0.1, -0.05) is 25.7 Å². The molecule has 1 saturated carbocycles. The van der Waals surface area contributed by atoms with Gasteiger partial charge in [-0.05, 0) is 44.9 Å². The fourth-order valence-electron chi connectivity index (χ4n) is 3.63.